The molecule has 0 aliphatic rings. The molecule has 8 heteroatoms. The number of aromatic nitrogens is 2. The van der Waals surface area contributed by atoms with Gasteiger partial charge in [-0.05, 0) is 36.8 Å². The number of ether oxygens (including phenoxy) is 1. The fourth-order valence-corrected chi connectivity index (χ4v) is 2.99. The number of halogens is 1. The van der Waals surface area contributed by atoms with Gasteiger partial charge in [0, 0.05) is 6.54 Å². The van der Waals surface area contributed by atoms with Crippen molar-refractivity contribution in [3.63, 3.8) is 0 Å². The Morgan fingerprint density at radius 3 is 2.67 bits per heavy atom. The first-order valence-corrected chi connectivity index (χ1v) is 9.10. The van der Waals surface area contributed by atoms with Crippen molar-refractivity contribution in [2.75, 3.05) is 7.11 Å². The van der Waals surface area contributed by atoms with Gasteiger partial charge in [-0.3, -0.25) is 4.79 Å². The van der Waals surface area contributed by atoms with Crippen molar-refractivity contribution in [2.45, 2.75) is 23.9 Å². The smallest absolute Gasteiger partial charge is 0.277 e. The van der Waals surface area contributed by atoms with Gasteiger partial charge >= 0.3 is 0 Å². The molecule has 0 bridgehead atoms. The lowest BCUT2D eigenvalue weighted by molar-refractivity contribution is -0.120. The van der Waals surface area contributed by atoms with Crippen molar-refractivity contribution in [3.05, 3.63) is 59.9 Å². The van der Waals surface area contributed by atoms with Crippen LogP contribution in [0.15, 0.2) is 58.2 Å². The Balaban J connectivity index is 1.56. The van der Waals surface area contributed by atoms with Gasteiger partial charge in [0.25, 0.3) is 11.1 Å². The van der Waals surface area contributed by atoms with E-state index in [1.54, 1.807) is 32.2 Å². The average molecular weight is 387 g/mol. The second-order valence-electron chi connectivity index (χ2n) is 5.68. The molecular formula is C19H18FN3O3S. The third-order valence-corrected chi connectivity index (χ3v) is 4.72. The van der Waals surface area contributed by atoms with E-state index in [0.29, 0.717) is 6.54 Å². The number of carbonyl (C=O) groups is 1. The predicted octanol–water partition coefficient (Wildman–Crippen LogP) is 3.68. The molecule has 27 heavy (non-hydrogen) atoms. The van der Waals surface area contributed by atoms with E-state index in [4.69, 9.17) is 9.15 Å². The second-order valence-corrected chi connectivity index (χ2v) is 6.97. The van der Waals surface area contributed by atoms with Crippen LogP contribution in [0.2, 0.25) is 0 Å². The Morgan fingerprint density at radius 2 is 1.96 bits per heavy atom. The highest BCUT2D eigenvalue weighted by Crippen LogP contribution is 2.27. The van der Waals surface area contributed by atoms with Gasteiger partial charge < -0.3 is 14.5 Å². The summed E-state index contributed by atoms with van der Waals surface area (Å²) in [6.45, 7) is 2.14. The summed E-state index contributed by atoms with van der Waals surface area (Å²) >= 11 is 1.12. The minimum absolute atomic E-state index is 0.0847. The van der Waals surface area contributed by atoms with Crippen molar-refractivity contribution in [1.82, 2.24) is 15.5 Å². The van der Waals surface area contributed by atoms with Gasteiger partial charge in [-0.2, -0.15) is 0 Å². The van der Waals surface area contributed by atoms with Crippen molar-refractivity contribution < 1.29 is 18.3 Å². The van der Waals surface area contributed by atoms with Crippen molar-refractivity contribution >= 4 is 17.7 Å². The predicted molar refractivity (Wildman–Crippen MR) is 99.9 cm³/mol. The number of hydrogen-bond acceptors (Lipinski definition) is 6. The number of amides is 1. The number of benzene rings is 2. The molecule has 1 atom stereocenters. The summed E-state index contributed by atoms with van der Waals surface area (Å²) in [5.41, 5.74) is 1.19. The van der Waals surface area contributed by atoms with Crippen LogP contribution in [0.25, 0.3) is 11.5 Å². The van der Waals surface area contributed by atoms with Gasteiger partial charge in [0.15, 0.2) is 0 Å². The Morgan fingerprint density at radius 1 is 1.22 bits per heavy atom. The molecule has 6 nitrogen and oxygen atoms in total. The molecule has 140 valence electrons. The normalized spacial score (nSPS) is 11.8. The van der Waals surface area contributed by atoms with Gasteiger partial charge in [-0.1, -0.05) is 36.0 Å². The third-order valence-electron chi connectivity index (χ3n) is 3.78. The highest BCUT2D eigenvalue weighted by molar-refractivity contribution is 8.00. The second kappa shape index (κ2) is 8.68. The first-order valence-electron chi connectivity index (χ1n) is 8.22. The maximum absolute atomic E-state index is 13.8. The molecule has 0 fully saturated rings. The van der Waals surface area contributed by atoms with E-state index in [1.165, 1.54) is 6.07 Å². The summed E-state index contributed by atoms with van der Waals surface area (Å²) < 4.78 is 24.3. The van der Waals surface area contributed by atoms with Crippen LogP contribution in [-0.4, -0.2) is 28.5 Å². The molecule has 0 saturated heterocycles. The topological polar surface area (TPSA) is 77.2 Å². The highest BCUT2D eigenvalue weighted by atomic mass is 32.2. The number of nitrogens with one attached hydrogen (secondary N) is 1. The first kappa shape index (κ1) is 18.9. The van der Waals surface area contributed by atoms with E-state index < -0.39 is 11.1 Å². The third kappa shape index (κ3) is 4.85. The van der Waals surface area contributed by atoms with Gasteiger partial charge in [0.2, 0.25) is 5.91 Å². The summed E-state index contributed by atoms with van der Waals surface area (Å²) in [5.74, 6) is 0.238. The van der Waals surface area contributed by atoms with E-state index in [2.05, 4.69) is 15.5 Å². The minimum Gasteiger partial charge on any atom is -0.497 e. The molecule has 1 amide bonds. The van der Waals surface area contributed by atoms with E-state index >= 15 is 0 Å². The number of nitrogens with zero attached hydrogens (tertiary/aromatic N) is 2. The maximum atomic E-state index is 13.8. The lowest BCUT2D eigenvalue weighted by Crippen LogP contribution is -2.30. The van der Waals surface area contributed by atoms with E-state index in [-0.39, 0.29) is 22.6 Å². The lowest BCUT2D eigenvalue weighted by Gasteiger charge is -2.10. The lowest BCUT2D eigenvalue weighted by atomic mass is 10.2. The van der Waals surface area contributed by atoms with Crippen LogP contribution < -0.4 is 10.1 Å². The molecule has 0 spiro atoms. The maximum Gasteiger partial charge on any atom is 0.277 e. The molecule has 0 saturated carbocycles. The summed E-state index contributed by atoms with van der Waals surface area (Å²) in [5, 5.41) is 10.3. The van der Waals surface area contributed by atoms with Crippen LogP contribution in [0.4, 0.5) is 4.39 Å². The molecule has 0 aliphatic carbocycles. The molecule has 3 rings (SSSR count). The first-order chi connectivity index (χ1) is 13.1. The quantitative estimate of drug-likeness (QED) is 0.623. The van der Waals surface area contributed by atoms with Gasteiger partial charge in [0.05, 0.1) is 17.9 Å². The van der Waals surface area contributed by atoms with Crippen molar-refractivity contribution in [1.29, 1.82) is 0 Å². The van der Waals surface area contributed by atoms with E-state index in [1.807, 2.05) is 24.3 Å². The van der Waals surface area contributed by atoms with Crippen molar-refractivity contribution in [3.8, 4) is 17.2 Å². The van der Waals surface area contributed by atoms with Crippen LogP contribution >= 0.6 is 11.8 Å². The van der Waals surface area contributed by atoms with Crippen LogP contribution in [-0.2, 0) is 11.3 Å². The molecule has 3 aromatic rings. The van der Waals surface area contributed by atoms with Crippen LogP contribution in [0.1, 0.15) is 12.5 Å². The zero-order valence-electron chi connectivity index (χ0n) is 14.8. The van der Waals surface area contributed by atoms with Gasteiger partial charge in [-0.25, -0.2) is 4.39 Å². The van der Waals surface area contributed by atoms with Gasteiger partial charge in [0.1, 0.15) is 11.6 Å². The van der Waals surface area contributed by atoms with Crippen LogP contribution in [0.5, 0.6) is 5.75 Å². The number of hydrogen-bond donors (Lipinski definition) is 1. The number of rotatable bonds is 7. The summed E-state index contributed by atoms with van der Waals surface area (Å²) in [4.78, 5) is 12.3. The van der Waals surface area contributed by atoms with Crippen LogP contribution in [0.3, 0.4) is 0 Å². The largest absolute Gasteiger partial charge is 0.497 e. The summed E-state index contributed by atoms with van der Waals surface area (Å²) in [7, 11) is 1.60. The molecule has 1 heterocycles. The SMILES string of the molecule is COc1ccc(CNC(=O)[C@@H](C)Sc2nnc(-c3ccccc3F)o2)cc1. The number of carbonyl (C=O) groups excluding carboxylic acids is 1. The fraction of sp³-hybridized carbons (Fsp3) is 0.211. The van der Waals surface area contributed by atoms with Crippen LogP contribution in [0, 0.1) is 5.82 Å². The van der Waals surface area contributed by atoms with E-state index in [0.717, 1.165) is 23.1 Å². The van der Waals surface area contributed by atoms with E-state index in [9.17, 15) is 9.18 Å². The monoisotopic (exact) mass is 387 g/mol. The number of thioether (sulfide) groups is 1. The Bertz CT molecular complexity index is 915. The highest BCUT2D eigenvalue weighted by Gasteiger charge is 2.19. The molecule has 1 aromatic heterocycles. The molecular weight excluding hydrogens is 369 g/mol. The summed E-state index contributed by atoms with van der Waals surface area (Å²) in [6.07, 6.45) is 0. The van der Waals surface area contributed by atoms with Gasteiger partial charge in [-0.15, -0.1) is 10.2 Å². The molecule has 1 N–H and O–H groups in total. The zero-order valence-corrected chi connectivity index (χ0v) is 15.6. The molecule has 0 radical (unpaired) electrons. The average Bonchev–Trinajstić information content (AvgIpc) is 3.15. The standard InChI is InChI=1S/C19H18FN3O3S/c1-12(17(24)21-11-13-7-9-14(25-2)10-8-13)27-19-23-22-18(26-19)15-5-3-4-6-16(15)20/h3-10,12H,11H2,1-2H3,(H,21,24)/t12-/m1/s1. The van der Waals surface area contributed by atoms with Crippen molar-refractivity contribution in [2.24, 2.45) is 0 Å². The summed E-state index contributed by atoms with van der Waals surface area (Å²) in [6, 6.07) is 13.6. The molecule has 0 unspecified atom stereocenters. The Hall–Kier alpha value is -2.87. The Kier molecular flexibility index (Phi) is 6.08. The fourth-order valence-electron chi connectivity index (χ4n) is 2.28. The number of methoxy groups -OCH3 is 1. The zero-order chi connectivity index (χ0) is 19.2. The molecule has 0 aliphatic heterocycles. The molecule has 2 aromatic carbocycles. The Labute approximate surface area is 160 Å². The minimum atomic E-state index is -0.447.